The second kappa shape index (κ2) is 7.40. The van der Waals surface area contributed by atoms with Crippen LogP contribution in [0.4, 0.5) is 4.39 Å². The van der Waals surface area contributed by atoms with Crippen LogP contribution in [0.2, 0.25) is 0 Å². The number of nitrogens with zero attached hydrogens (tertiary/aromatic N) is 1. The average Bonchev–Trinajstić information content (AvgIpc) is 2.49. The molecule has 21 heavy (non-hydrogen) atoms. The number of likely N-dealkylation sites (N-methyl/N-ethyl adjacent to an activating group) is 1. The minimum Gasteiger partial charge on any atom is -0.492 e. The summed E-state index contributed by atoms with van der Waals surface area (Å²) in [5.41, 5.74) is 0.683. The van der Waals surface area contributed by atoms with E-state index in [0.29, 0.717) is 24.5 Å². The van der Waals surface area contributed by atoms with E-state index in [9.17, 15) is 9.18 Å². The fourth-order valence-electron chi connectivity index (χ4n) is 1.77. The van der Waals surface area contributed by atoms with Crippen molar-refractivity contribution in [2.75, 3.05) is 20.2 Å². The normalized spacial score (nSPS) is 10.2. The van der Waals surface area contributed by atoms with Crippen LogP contribution < -0.4 is 4.74 Å². The van der Waals surface area contributed by atoms with Gasteiger partial charge in [-0.2, -0.15) is 0 Å². The molecule has 3 nitrogen and oxygen atoms in total. The van der Waals surface area contributed by atoms with Gasteiger partial charge in [0.05, 0.1) is 12.1 Å². The summed E-state index contributed by atoms with van der Waals surface area (Å²) in [4.78, 5) is 13.9. The van der Waals surface area contributed by atoms with E-state index < -0.39 is 0 Å². The molecule has 0 radical (unpaired) electrons. The van der Waals surface area contributed by atoms with Gasteiger partial charge in [0.2, 0.25) is 0 Å². The third kappa shape index (κ3) is 4.42. The fourth-order valence-corrected chi connectivity index (χ4v) is 2.39. The molecule has 0 aliphatic carbocycles. The predicted molar refractivity (Wildman–Crippen MR) is 88.0 cm³/mol. The van der Waals surface area contributed by atoms with Crippen LogP contribution in [0, 0.1) is 9.39 Å². The zero-order valence-electron chi connectivity index (χ0n) is 11.6. The van der Waals surface area contributed by atoms with Gasteiger partial charge in [-0.15, -0.1) is 0 Å². The van der Waals surface area contributed by atoms with Gasteiger partial charge in [0.1, 0.15) is 18.2 Å². The number of amides is 1. The van der Waals surface area contributed by atoms with E-state index >= 15 is 0 Å². The lowest BCUT2D eigenvalue weighted by atomic mass is 10.2. The summed E-state index contributed by atoms with van der Waals surface area (Å²) in [5.74, 6) is 0.252. The van der Waals surface area contributed by atoms with Crippen molar-refractivity contribution in [1.29, 1.82) is 0 Å². The van der Waals surface area contributed by atoms with Crippen molar-refractivity contribution in [1.82, 2.24) is 4.90 Å². The van der Waals surface area contributed by atoms with Crippen LogP contribution in [-0.2, 0) is 0 Å². The van der Waals surface area contributed by atoms with Gasteiger partial charge in [0, 0.05) is 10.6 Å². The highest BCUT2D eigenvalue weighted by atomic mass is 127. The standard InChI is InChI=1S/C16H15FINO2/c1-19(16(20)14-4-2-3-5-15(14)18)10-11-21-13-8-6-12(17)7-9-13/h2-9H,10-11H2,1H3. The summed E-state index contributed by atoms with van der Waals surface area (Å²) in [6.07, 6.45) is 0. The minimum absolute atomic E-state index is 0.0392. The number of halogens is 2. The Morgan fingerprint density at radius 2 is 1.86 bits per heavy atom. The van der Waals surface area contributed by atoms with Crippen molar-refractivity contribution in [2.45, 2.75) is 0 Å². The van der Waals surface area contributed by atoms with Crippen molar-refractivity contribution < 1.29 is 13.9 Å². The van der Waals surface area contributed by atoms with E-state index in [1.54, 1.807) is 30.1 Å². The molecule has 5 heteroatoms. The monoisotopic (exact) mass is 399 g/mol. The molecule has 0 aliphatic rings. The molecular formula is C16H15FINO2. The van der Waals surface area contributed by atoms with Gasteiger partial charge in [0.25, 0.3) is 5.91 Å². The topological polar surface area (TPSA) is 29.5 Å². The average molecular weight is 399 g/mol. The number of ether oxygens (including phenoxy) is 1. The number of benzene rings is 2. The quantitative estimate of drug-likeness (QED) is 0.720. The summed E-state index contributed by atoms with van der Waals surface area (Å²) in [7, 11) is 1.74. The molecule has 0 aliphatic heterocycles. The van der Waals surface area contributed by atoms with E-state index in [1.165, 1.54) is 12.1 Å². The molecule has 0 N–H and O–H groups in total. The first-order chi connectivity index (χ1) is 10.1. The SMILES string of the molecule is CN(CCOc1ccc(F)cc1)C(=O)c1ccccc1I. The van der Waals surface area contributed by atoms with Crippen molar-refractivity contribution in [3.8, 4) is 5.75 Å². The van der Waals surface area contributed by atoms with Crippen molar-refractivity contribution in [3.05, 3.63) is 63.5 Å². The molecule has 0 unspecified atom stereocenters. The Hall–Kier alpha value is -1.63. The number of hydrogen-bond acceptors (Lipinski definition) is 2. The zero-order valence-corrected chi connectivity index (χ0v) is 13.7. The fraction of sp³-hybridized carbons (Fsp3) is 0.188. The van der Waals surface area contributed by atoms with E-state index in [4.69, 9.17) is 4.74 Å². The lowest BCUT2D eigenvalue weighted by molar-refractivity contribution is 0.0772. The summed E-state index contributed by atoms with van der Waals surface area (Å²) in [6, 6.07) is 13.3. The van der Waals surface area contributed by atoms with Gasteiger partial charge in [-0.3, -0.25) is 4.79 Å². The molecule has 0 aromatic heterocycles. The van der Waals surface area contributed by atoms with Crippen LogP contribution in [-0.4, -0.2) is 31.0 Å². The van der Waals surface area contributed by atoms with Crippen LogP contribution in [0.15, 0.2) is 48.5 Å². The molecular weight excluding hydrogens is 384 g/mol. The van der Waals surface area contributed by atoms with Crippen LogP contribution in [0.25, 0.3) is 0 Å². The molecule has 2 rings (SSSR count). The molecule has 1 amide bonds. The molecule has 2 aromatic rings. The molecule has 0 atom stereocenters. The number of carbonyl (C=O) groups excluding carboxylic acids is 1. The predicted octanol–water partition coefficient (Wildman–Crippen LogP) is 3.58. The van der Waals surface area contributed by atoms with E-state index in [1.807, 2.05) is 18.2 Å². The maximum absolute atomic E-state index is 12.8. The van der Waals surface area contributed by atoms with Crippen LogP contribution >= 0.6 is 22.6 Å². The molecule has 0 saturated heterocycles. The van der Waals surface area contributed by atoms with E-state index in [2.05, 4.69) is 22.6 Å². The Bertz CT molecular complexity index is 616. The lowest BCUT2D eigenvalue weighted by Gasteiger charge is -2.18. The first-order valence-electron chi connectivity index (χ1n) is 6.46. The smallest absolute Gasteiger partial charge is 0.254 e. The summed E-state index contributed by atoms with van der Waals surface area (Å²) in [6.45, 7) is 0.818. The van der Waals surface area contributed by atoms with Crippen molar-refractivity contribution in [2.24, 2.45) is 0 Å². The lowest BCUT2D eigenvalue weighted by Crippen LogP contribution is -2.31. The number of carbonyl (C=O) groups is 1. The van der Waals surface area contributed by atoms with Gasteiger partial charge in [-0.1, -0.05) is 12.1 Å². The van der Waals surface area contributed by atoms with Gasteiger partial charge in [-0.25, -0.2) is 4.39 Å². The Morgan fingerprint density at radius 1 is 1.19 bits per heavy atom. The number of hydrogen-bond donors (Lipinski definition) is 0. The van der Waals surface area contributed by atoms with Gasteiger partial charge < -0.3 is 9.64 Å². The minimum atomic E-state index is -0.298. The third-order valence-electron chi connectivity index (χ3n) is 2.96. The second-order valence-corrected chi connectivity index (χ2v) is 5.67. The highest BCUT2D eigenvalue weighted by Crippen LogP contribution is 2.14. The Morgan fingerprint density at radius 3 is 2.52 bits per heavy atom. The summed E-state index contributed by atoms with van der Waals surface area (Å²) in [5, 5.41) is 0. The summed E-state index contributed by atoms with van der Waals surface area (Å²) >= 11 is 2.14. The van der Waals surface area contributed by atoms with Gasteiger partial charge >= 0.3 is 0 Å². The van der Waals surface area contributed by atoms with Crippen molar-refractivity contribution >= 4 is 28.5 Å². The largest absolute Gasteiger partial charge is 0.492 e. The molecule has 2 aromatic carbocycles. The number of rotatable bonds is 5. The molecule has 0 saturated carbocycles. The molecule has 0 heterocycles. The molecule has 110 valence electrons. The summed E-state index contributed by atoms with van der Waals surface area (Å²) < 4.78 is 19.2. The van der Waals surface area contributed by atoms with Gasteiger partial charge in [-0.05, 0) is 59.0 Å². The van der Waals surface area contributed by atoms with Crippen LogP contribution in [0.1, 0.15) is 10.4 Å². The van der Waals surface area contributed by atoms with Crippen LogP contribution in [0.5, 0.6) is 5.75 Å². The first-order valence-corrected chi connectivity index (χ1v) is 7.54. The first kappa shape index (κ1) is 15.8. The second-order valence-electron chi connectivity index (χ2n) is 4.51. The van der Waals surface area contributed by atoms with Crippen molar-refractivity contribution in [3.63, 3.8) is 0 Å². The third-order valence-corrected chi connectivity index (χ3v) is 3.90. The maximum Gasteiger partial charge on any atom is 0.254 e. The molecule has 0 spiro atoms. The van der Waals surface area contributed by atoms with E-state index in [0.717, 1.165) is 3.57 Å². The Kier molecular flexibility index (Phi) is 5.55. The highest BCUT2D eigenvalue weighted by Gasteiger charge is 2.13. The highest BCUT2D eigenvalue weighted by molar-refractivity contribution is 14.1. The van der Waals surface area contributed by atoms with Gasteiger partial charge in [0.15, 0.2) is 0 Å². The van der Waals surface area contributed by atoms with Crippen LogP contribution in [0.3, 0.4) is 0 Å². The maximum atomic E-state index is 12.8. The zero-order chi connectivity index (χ0) is 15.2. The Labute approximate surface area is 136 Å². The molecule has 0 fully saturated rings. The Balaban J connectivity index is 1.87. The van der Waals surface area contributed by atoms with E-state index in [-0.39, 0.29) is 11.7 Å². The molecule has 0 bridgehead atoms.